The fourth-order valence-electron chi connectivity index (χ4n) is 1.51. The number of carbonyl (C=O) groups is 1. The van der Waals surface area contributed by atoms with Crippen molar-refractivity contribution in [1.82, 2.24) is 9.55 Å². The standard InChI is InChI=1S/C11H10N4O3/c1-7(16)14-5-10(13-6-14)8-2-3-9(12)11(4-8)15(17)18/h2-6H,12H2,1H3. The van der Waals surface area contributed by atoms with Gasteiger partial charge in [-0.3, -0.25) is 19.5 Å². The van der Waals surface area contributed by atoms with E-state index in [0.29, 0.717) is 11.3 Å². The second-order valence-electron chi connectivity index (χ2n) is 3.72. The average Bonchev–Trinajstić information content (AvgIpc) is 2.78. The molecule has 0 aliphatic heterocycles. The minimum absolute atomic E-state index is 0.0924. The Morgan fingerprint density at radius 1 is 1.50 bits per heavy atom. The molecule has 7 heteroatoms. The molecule has 0 atom stereocenters. The fourth-order valence-corrected chi connectivity index (χ4v) is 1.51. The number of imidazole rings is 1. The SMILES string of the molecule is CC(=O)n1cnc(-c2ccc(N)c([N+](=O)[O-])c2)c1. The number of nitrogens with two attached hydrogens (primary N) is 1. The summed E-state index contributed by atoms with van der Waals surface area (Å²) in [5.74, 6) is -0.182. The summed E-state index contributed by atoms with van der Waals surface area (Å²) in [7, 11) is 0. The quantitative estimate of drug-likeness (QED) is 0.493. The molecule has 0 fully saturated rings. The summed E-state index contributed by atoms with van der Waals surface area (Å²) < 4.78 is 1.30. The lowest BCUT2D eigenvalue weighted by Gasteiger charge is -2.00. The van der Waals surface area contributed by atoms with Crippen molar-refractivity contribution in [3.8, 4) is 11.3 Å². The van der Waals surface area contributed by atoms with E-state index in [1.165, 1.54) is 36.1 Å². The van der Waals surface area contributed by atoms with Crippen LogP contribution < -0.4 is 5.73 Å². The van der Waals surface area contributed by atoms with Gasteiger partial charge >= 0.3 is 0 Å². The zero-order valence-corrected chi connectivity index (χ0v) is 9.53. The van der Waals surface area contributed by atoms with Crippen molar-refractivity contribution in [2.45, 2.75) is 6.92 Å². The van der Waals surface area contributed by atoms with Crippen LogP contribution in [0.1, 0.15) is 11.7 Å². The van der Waals surface area contributed by atoms with Gasteiger partial charge in [0, 0.05) is 24.8 Å². The molecular formula is C11H10N4O3. The van der Waals surface area contributed by atoms with Crippen molar-refractivity contribution in [2.75, 3.05) is 5.73 Å². The minimum Gasteiger partial charge on any atom is -0.393 e. The van der Waals surface area contributed by atoms with Crippen molar-refractivity contribution in [3.05, 3.63) is 40.8 Å². The number of aromatic nitrogens is 2. The number of benzene rings is 1. The van der Waals surface area contributed by atoms with E-state index in [4.69, 9.17) is 5.73 Å². The van der Waals surface area contributed by atoms with Gasteiger partial charge in [-0.2, -0.15) is 0 Å². The molecule has 1 aromatic heterocycles. The molecule has 0 bridgehead atoms. The average molecular weight is 246 g/mol. The maximum absolute atomic E-state index is 11.1. The van der Waals surface area contributed by atoms with Crippen LogP contribution in [0, 0.1) is 10.1 Å². The van der Waals surface area contributed by atoms with E-state index < -0.39 is 4.92 Å². The normalized spacial score (nSPS) is 10.3. The third kappa shape index (κ3) is 2.05. The van der Waals surface area contributed by atoms with Crippen molar-refractivity contribution in [3.63, 3.8) is 0 Å². The number of rotatable bonds is 2. The fraction of sp³-hybridized carbons (Fsp3) is 0.0909. The molecule has 1 heterocycles. The molecule has 0 aliphatic carbocycles. The van der Waals surface area contributed by atoms with Gasteiger partial charge in [0.1, 0.15) is 12.0 Å². The molecule has 0 amide bonds. The highest BCUT2D eigenvalue weighted by molar-refractivity contribution is 5.78. The molecule has 0 aliphatic rings. The topological polar surface area (TPSA) is 104 Å². The molecular weight excluding hydrogens is 236 g/mol. The second-order valence-corrected chi connectivity index (χ2v) is 3.72. The monoisotopic (exact) mass is 246 g/mol. The molecule has 0 saturated heterocycles. The maximum Gasteiger partial charge on any atom is 0.292 e. The van der Waals surface area contributed by atoms with Crippen LogP contribution in [0.15, 0.2) is 30.7 Å². The number of nitro groups is 1. The third-order valence-corrected chi connectivity index (χ3v) is 2.47. The Hall–Kier alpha value is -2.70. The smallest absolute Gasteiger partial charge is 0.292 e. The van der Waals surface area contributed by atoms with Crippen LogP contribution in [0.25, 0.3) is 11.3 Å². The Morgan fingerprint density at radius 3 is 2.78 bits per heavy atom. The highest BCUT2D eigenvalue weighted by atomic mass is 16.6. The first-order valence-corrected chi connectivity index (χ1v) is 5.08. The van der Waals surface area contributed by atoms with Crippen molar-refractivity contribution < 1.29 is 9.72 Å². The number of carbonyl (C=O) groups excluding carboxylic acids is 1. The zero-order valence-electron chi connectivity index (χ0n) is 9.53. The molecule has 2 rings (SSSR count). The van der Waals surface area contributed by atoms with Gasteiger partial charge in [-0.05, 0) is 6.07 Å². The number of hydrogen-bond donors (Lipinski definition) is 1. The van der Waals surface area contributed by atoms with E-state index in [1.807, 2.05) is 0 Å². The Morgan fingerprint density at radius 2 is 2.22 bits per heavy atom. The number of nitro benzene ring substituents is 1. The van der Waals surface area contributed by atoms with E-state index in [1.54, 1.807) is 6.07 Å². The Kier molecular flexibility index (Phi) is 2.80. The van der Waals surface area contributed by atoms with Gasteiger partial charge in [0.05, 0.1) is 10.6 Å². The molecule has 0 saturated carbocycles. The van der Waals surface area contributed by atoms with Crippen LogP contribution in [0.2, 0.25) is 0 Å². The molecule has 18 heavy (non-hydrogen) atoms. The highest BCUT2D eigenvalue weighted by Gasteiger charge is 2.14. The first-order valence-electron chi connectivity index (χ1n) is 5.08. The molecule has 7 nitrogen and oxygen atoms in total. The minimum atomic E-state index is -0.555. The van der Waals surface area contributed by atoms with Gasteiger partial charge in [0.25, 0.3) is 5.69 Å². The molecule has 2 N–H and O–H groups in total. The van der Waals surface area contributed by atoms with Crippen molar-refractivity contribution in [2.24, 2.45) is 0 Å². The van der Waals surface area contributed by atoms with Gasteiger partial charge in [-0.25, -0.2) is 4.98 Å². The molecule has 92 valence electrons. The Balaban J connectivity index is 2.47. The zero-order chi connectivity index (χ0) is 13.3. The largest absolute Gasteiger partial charge is 0.393 e. The van der Waals surface area contributed by atoms with Crippen LogP contribution in [-0.4, -0.2) is 20.4 Å². The van der Waals surface area contributed by atoms with Crippen LogP contribution in [0.4, 0.5) is 11.4 Å². The highest BCUT2D eigenvalue weighted by Crippen LogP contribution is 2.27. The van der Waals surface area contributed by atoms with E-state index in [-0.39, 0.29) is 17.3 Å². The number of hydrogen-bond acceptors (Lipinski definition) is 5. The summed E-state index contributed by atoms with van der Waals surface area (Å²) in [6.45, 7) is 1.40. The van der Waals surface area contributed by atoms with Crippen molar-refractivity contribution >= 4 is 17.3 Å². The second kappa shape index (κ2) is 4.28. The van der Waals surface area contributed by atoms with Crippen LogP contribution in [-0.2, 0) is 0 Å². The van der Waals surface area contributed by atoms with E-state index in [9.17, 15) is 14.9 Å². The summed E-state index contributed by atoms with van der Waals surface area (Å²) in [4.78, 5) is 25.3. The lowest BCUT2D eigenvalue weighted by atomic mass is 10.1. The first-order chi connectivity index (χ1) is 8.49. The van der Waals surface area contributed by atoms with E-state index in [2.05, 4.69) is 4.98 Å². The lowest BCUT2D eigenvalue weighted by molar-refractivity contribution is -0.383. The Labute approximate surface area is 102 Å². The number of nitrogen functional groups attached to an aromatic ring is 1. The van der Waals surface area contributed by atoms with E-state index in [0.717, 1.165) is 0 Å². The van der Waals surface area contributed by atoms with Crippen LogP contribution >= 0.6 is 0 Å². The molecule has 2 aromatic rings. The van der Waals surface area contributed by atoms with Crippen LogP contribution in [0.3, 0.4) is 0 Å². The summed E-state index contributed by atoms with van der Waals surface area (Å²) in [5, 5.41) is 10.8. The molecule has 1 aromatic carbocycles. The number of anilines is 1. The van der Waals surface area contributed by atoms with Crippen molar-refractivity contribution in [1.29, 1.82) is 0 Å². The first kappa shape index (κ1) is 11.8. The van der Waals surface area contributed by atoms with Gasteiger partial charge in [0.2, 0.25) is 5.91 Å². The van der Waals surface area contributed by atoms with Gasteiger partial charge < -0.3 is 5.73 Å². The molecule has 0 radical (unpaired) electrons. The summed E-state index contributed by atoms with van der Waals surface area (Å²) in [5.41, 5.74) is 6.43. The third-order valence-electron chi connectivity index (χ3n) is 2.47. The van der Waals surface area contributed by atoms with Gasteiger partial charge in [0.15, 0.2) is 0 Å². The summed E-state index contributed by atoms with van der Waals surface area (Å²) >= 11 is 0. The number of nitrogens with zero attached hydrogens (tertiary/aromatic N) is 3. The van der Waals surface area contributed by atoms with E-state index >= 15 is 0 Å². The van der Waals surface area contributed by atoms with Crippen LogP contribution in [0.5, 0.6) is 0 Å². The molecule has 0 unspecified atom stereocenters. The van der Waals surface area contributed by atoms with Gasteiger partial charge in [-0.15, -0.1) is 0 Å². The predicted molar refractivity (Wildman–Crippen MR) is 65.0 cm³/mol. The maximum atomic E-state index is 11.1. The molecule has 0 spiro atoms. The van der Waals surface area contributed by atoms with Gasteiger partial charge in [-0.1, -0.05) is 6.07 Å². The Bertz CT molecular complexity index is 633. The predicted octanol–water partition coefficient (Wildman–Crippen LogP) is 1.70. The summed E-state index contributed by atoms with van der Waals surface area (Å²) in [6.07, 6.45) is 2.87. The summed E-state index contributed by atoms with van der Waals surface area (Å²) in [6, 6.07) is 4.40. The lowest BCUT2D eigenvalue weighted by Crippen LogP contribution is -2.01.